The van der Waals surface area contributed by atoms with Crippen molar-refractivity contribution in [1.82, 2.24) is 0 Å². The molecule has 0 aromatic carbocycles. The van der Waals surface area contributed by atoms with Crippen molar-refractivity contribution in [3.05, 3.63) is 0 Å². The molecular formula is C10H16O4. The Hall–Kier alpha value is -0.900. The van der Waals surface area contributed by atoms with Crippen LogP contribution in [-0.2, 0) is 19.1 Å². The van der Waals surface area contributed by atoms with E-state index in [0.29, 0.717) is 13.0 Å². The molecule has 1 saturated heterocycles. The summed E-state index contributed by atoms with van der Waals surface area (Å²) in [5.41, 5.74) is 0. The fraction of sp³-hybridized carbons (Fsp3) is 0.800. The first-order valence-corrected chi connectivity index (χ1v) is 4.82. The van der Waals surface area contributed by atoms with E-state index >= 15 is 0 Å². The number of hydrogen-bond donors (Lipinski definition) is 0. The molecule has 0 bridgehead atoms. The SMILES string of the molecule is COCCC1C(=O)OC(=O)C1C(C)C. The molecule has 1 aliphatic heterocycles. The van der Waals surface area contributed by atoms with Gasteiger partial charge in [0.2, 0.25) is 0 Å². The molecule has 14 heavy (non-hydrogen) atoms. The number of esters is 2. The normalized spacial score (nSPS) is 27.1. The zero-order valence-corrected chi connectivity index (χ0v) is 8.78. The van der Waals surface area contributed by atoms with Crippen LogP contribution >= 0.6 is 0 Å². The number of ether oxygens (including phenoxy) is 2. The van der Waals surface area contributed by atoms with Crippen molar-refractivity contribution in [3.8, 4) is 0 Å². The van der Waals surface area contributed by atoms with Gasteiger partial charge < -0.3 is 9.47 Å². The van der Waals surface area contributed by atoms with Crippen molar-refractivity contribution in [2.75, 3.05) is 13.7 Å². The number of rotatable bonds is 4. The van der Waals surface area contributed by atoms with Gasteiger partial charge in [0.05, 0.1) is 11.8 Å². The molecule has 0 aromatic heterocycles. The topological polar surface area (TPSA) is 52.6 Å². The van der Waals surface area contributed by atoms with Crippen LogP contribution in [0.3, 0.4) is 0 Å². The lowest BCUT2D eigenvalue weighted by atomic mass is 9.83. The van der Waals surface area contributed by atoms with Crippen LogP contribution < -0.4 is 0 Å². The van der Waals surface area contributed by atoms with E-state index in [-0.39, 0.29) is 23.7 Å². The molecule has 4 nitrogen and oxygen atoms in total. The van der Waals surface area contributed by atoms with Gasteiger partial charge in [0.15, 0.2) is 0 Å². The molecule has 2 unspecified atom stereocenters. The molecule has 4 heteroatoms. The lowest BCUT2D eigenvalue weighted by molar-refractivity contribution is -0.154. The molecule has 1 fully saturated rings. The van der Waals surface area contributed by atoms with Gasteiger partial charge in [-0.25, -0.2) is 0 Å². The number of methoxy groups -OCH3 is 1. The summed E-state index contributed by atoms with van der Waals surface area (Å²) >= 11 is 0. The maximum Gasteiger partial charge on any atom is 0.317 e. The molecule has 0 aliphatic carbocycles. The number of hydrogen-bond acceptors (Lipinski definition) is 4. The highest BCUT2D eigenvalue weighted by Gasteiger charge is 2.45. The molecule has 0 saturated carbocycles. The maximum absolute atomic E-state index is 11.3. The summed E-state index contributed by atoms with van der Waals surface area (Å²) < 4.78 is 9.51. The first-order chi connectivity index (χ1) is 6.57. The van der Waals surface area contributed by atoms with Crippen LogP contribution in [0.4, 0.5) is 0 Å². The second-order valence-corrected chi connectivity index (χ2v) is 3.90. The molecule has 0 aromatic rings. The first kappa shape index (κ1) is 11.2. The van der Waals surface area contributed by atoms with E-state index in [4.69, 9.17) is 4.74 Å². The summed E-state index contributed by atoms with van der Waals surface area (Å²) in [4.78, 5) is 22.6. The molecule has 80 valence electrons. The summed E-state index contributed by atoms with van der Waals surface area (Å²) in [6.45, 7) is 4.32. The van der Waals surface area contributed by atoms with Gasteiger partial charge in [-0.3, -0.25) is 9.59 Å². The van der Waals surface area contributed by atoms with Gasteiger partial charge in [0.1, 0.15) is 0 Å². The van der Waals surface area contributed by atoms with Crippen LogP contribution in [-0.4, -0.2) is 25.7 Å². The van der Waals surface area contributed by atoms with Crippen molar-refractivity contribution in [1.29, 1.82) is 0 Å². The minimum absolute atomic E-state index is 0.135. The van der Waals surface area contributed by atoms with Gasteiger partial charge in [-0.1, -0.05) is 13.8 Å². The Bertz CT molecular complexity index is 234. The zero-order valence-electron chi connectivity index (χ0n) is 8.78. The van der Waals surface area contributed by atoms with Crippen molar-refractivity contribution < 1.29 is 19.1 Å². The second-order valence-electron chi connectivity index (χ2n) is 3.90. The zero-order chi connectivity index (χ0) is 10.7. The van der Waals surface area contributed by atoms with Crippen LogP contribution in [0.25, 0.3) is 0 Å². The quantitative estimate of drug-likeness (QED) is 0.501. The highest BCUT2D eigenvalue weighted by molar-refractivity contribution is 5.96. The average Bonchev–Trinajstić information content (AvgIpc) is 2.37. The Balaban J connectivity index is 2.68. The van der Waals surface area contributed by atoms with Gasteiger partial charge >= 0.3 is 11.9 Å². The lowest BCUT2D eigenvalue weighted by Crippen LogP contribution is -2.24. The van der Waals surface area contributed by atoms with Gasteiger partial charge in [0, 0.05) is 13.7 Å². The van der Waals surface area contributed by atoms with Crippen molar-refractivity contribution in [2.45, 2.75) is 20.3 Å². The van der Waals surface area contributed by atoms with Crippen LogP contribution in [0, 0.1) is 17.8 Å². The largest absolute Gasteiger partial charge is 0.393 e. The highest BCUT2D eigenvalue weighted by Crippen LogP contribution is 2.32. The Morgan fingerprint density at radius 2 is 2.00 bits per heavy atom. The Morgan fingerprint density at radius 1 is 1.36 bits per heavy atom. The summed E-state index contributed by atoms with van der Waals surface area (Å²) in [5, 5.41) is 0. The number of cyclic esters (lactones) is 2. The van der Waals surface area contributed by atoms with E-state index in [2.05, 4.69) is 4.74 Å². The Labute approximate surface area is 83.6 Å². The Morgan fingerprint density at radius 3 is 2.50 bits per heavy atom. The van der Waals surface area contributed by atoms with Gasteiger partial charge in [-0.15, -0.1) is 0 Å². The van der Waals surface area contributed by atoms with E-state index < -0.39 is 5.97 Å². The monoisotopic (exact) mass is 200 g/mol. The lowest BCUT2D eigenvalue weighted by Gasteiger charge is -2.16. The third kappa shape index (κ3) is 2.12. The fourth-order valence-corrected chi connectivity index (χ4v) is 1.83. The van der Waals surface area contributed by atoms with Crippen molar-refractivity contribution in [2.24, 2.45) is 17.8 Å². The molecular weight excluding hydrogens is 184 g/mol. The summed E-state index contributed by atoms with van der Waals surface area (Å²) in [6.07, 6.45) is 0.559. The molecule has 0 N–H and O–H groups in total. The molecule has 0 spiro atoms. The number of carbonyl (C=O) groups is 2. The third-order valence-corrected chi connectivity index (χ3v) is 2.56. The van der Waals surface area contributed by atoms with Crippen molar-refractivity contribution in [3.63, 3.8) is 0 Å². The molecule has 1 heterocycles. The molecule has 1 aliphatic rings. The standard InChI is InChI=1S/C10H16O4/c1-6(2)8-7(4-5-13-3)9(11)14-10(8)12/h6-8H,4-5H2,1-3H3. The smallest absolute Gasteiger partial charge is 0.317 e. The van der Waals surface area contributed by atoms with E-state index in [9.17, 15) is 9.59 Å². The average molecular weight is 200 g/mol. The van der Waals surface area contributed by atoms with Gasteiger partial charge in [-0.05, 0) is 12.3 Å². The van der Waals surface area contributed by atoms with Crippen LogP contribution in [0.1, 0.15) is 20.3 Å². The van der Waals surface area contributed by atoms with E-state index in [1.165, 1.54) is 0 Å². The van der Waals surface area contributed by atoms with Crippen LogP contribution in [0.5, 0.6) is 0 Å². The van der Waals surface area contributed by atoms with E-state index in [0.717, 1.165) is 0 Å². The van der Waals surface area contributed by atoms with E-state index in [1.54, 1.807) is 7.11 Å². The molecule has 1 rings (SSSR count). The summed E-state index contributed by atoms with van der Waals surface area (Å²) in [7, 11) is 1.58. The van der Waals surface area contributed by atoms with E-state index in [1.807, 2.05) is 13.8 Å². The van der Waals surface area contributed by atoms with Gasteiger partial charge in [-0.2, -0.15) is 0 Å². The summed E-state index contributed by atoms with van der Waals surface area (Å²) in [6, 6.07) is 0. The molecule has 0 amide bonds. The highest BCUT2D eigenvalue weighted by atomic mass is 16.6. The molecule has 0 radical (unpaired) electrons. The predicted molar refractivity (Wildman–Crippen MR) is 49.4 cm³/mol. The minimum atomic E-state index is -0.397. The predicted octanol–water partition coefficient (Wildman–Crippen LogP) is 0.995. The van der Waals surface area contributed by atoms with Crippen LogP contribution in [0.2, 0.25) is 0 Å². The first-order valence-electron chi connectivity index (χ1n) is 4.82. The number of carbonyl (C=O) groups excluding carboxylic acids is 2. The summed E-state index contributed by atoms with van der Waals surface area (Å²) in [5.74, 6) is -1.26. The van der Waals surface area contributed by atoms with Crippen molar-refractivity contribution >= 4 is 11.9 Å². The molecule has 2 atom stereocenters. The third-order valence-electron chi connectivity index (χ3n) is 2.56. The van der Waals surface area contributed by atoms with Crippen LogP contribution in [0.15, 0.2) is 0 Å². The second kappa shape index (κ2) is 4.55. The fourth-order valence-electron chi connectivity index (χ4n) is 1.83. The minimum Gasteiger partial charge on any atom is -0.393 e. The van der Waals surface area contributed by atoms with Gasteiger partial charge in [0.25, 0.3) is 0 Å². The maximum atomic E-state index is 11.3. The Kier molecular flexibility index (Phi) is 3.63.